The van der Waals surface area contributed by atoms with Crippen molar-refractivity contribution in [3.8, 4) is 0 Å². The molecule has 1 aromatic heterocycles. The maximum Gasteiger partial charge on any atom is 0.225 e. The zero-order valence-electron chi connectivity index (χ0n) is 10.4. The third-order valence-electron chi connectivity index (χ3n) is 2.99. The maximum absolute atomic E-state index is 11.4. The Labute approximate surface area is 117 Å². The number of rotatable bonds is 4. The van der Waals surface area contributed by atoms with Gasteiger partial charge in [0.05, 0.1) is 0 Å². The van der Waals surface area contributed by atoms with Crippen molar-refractivity contribution in [3.63, 3.8) is 0 Å². The number of hydrogen-bond acceptors (Lipinski definition) is 4. The van der Waals surface area contributed by atoms with Crippen LogP contribution >= 0.6 is 12.4 Å². The van der Waals surface area contributed by atoms with Gasteiger partial charge in [-0.05, 0) is 31.0 Å². The van der Waals surface area contributed by atoms with Crippen LogP contribution in [0.3, 0.4) is 0 Å². The fourth-order valence-corrected chi connectivity index (χ4v) is 1.88. The van der Waals surface area contributed by atoms with Crippen molar-refractivity contribution < 1.29 is 9.21 Å². The van der Waals surface area contributed by atoms with Crippen molar-refractivity contribution in [1.82, 2.24) is 4.98 Å². The third kappa shape index (κ3) is 3.05. The van der Waals surface area contributed by atoms with E-state index in [0.717, 1.165) is 35.5 Å². The van der Waals surface area contributed by atoms with Crippen molar-refractivity contribution in [2.24, 2.45) is 5.73 Å². The minimum Gasteiger partial charge on any atom is -0.440 e. The lowest BCUT2D eigenvalue weighted by Gasteiger charge is -2.02. The zero-order valence-corrected chi connectivity index (χ0v) is 11.2. The van der Waals surface area contributed by atoms with Crippen molar-refractivity contribution in [3.05, 3.63) is 24.1 Å². The molecule has 0 unspecified atom stereocenters. The average molecular weight is 282 g/mol. The molecule has 19 heavy (non-hydrogen) atoms. The van der Waals surface area contributed by atoms with Gasteiger partial charge >= 0.3 is 0 Å². The maximum atomic E-state index is 11.4. The van der Waals surface area contributed by atoms with Crippen molar-refractivity contribution >= 4 is 35.1 Å². The number of amides is 1. The molecule has 3 N–H and O–H groups in total. The van der Waals surface area contributed by atoms with E-state index in [4.69, 9.17) is 10.2 Å². The first-order chi connectivity index (χ1) is 8.76. The van der Waals surface area contributed by atoms with E-state index in [1.807, 2.05) is 18.2 Å². The van der Waals surface area contributed by atoms with Gasteiger partial charge in [0.25, 0.3) is 0 Å². The molecule has 0 bridgehead atoms. The molecule has 3 rings (SSSR count). The van der Waals surface area contributed by atoms with Crippen LogP contribution in [0.15, 0.2) is 22.6 Å². The Hall–Kier alpha value is -1.59. The van der Waals surface area contributed by atoms with Crippen molar-refractivity contribution in [1.29, 1.82) is 0 Å². The van der Waals surface area contributed by atoms with Gasteiger partial charge in [-0.15, -0.1) is 12.4 Å². The highest BCUT2D eigenvalue weighted by atomic mass is 35.5. The summed E-state index contributed by atoms with van der Waals surface area (Å²) >= 11 is 0. The molecule has 1 saturated carbocycles. The topological polar surface area (TPSA) is 81.2 Å². The molecule has 6 heteroatoms. The summed E-state index contributed by atoms with van der Waals surface area (Å²) in [7, 11) is 0. The van der Waals surface area contributed by atoms with Gasteiger partial charge in [0.15, 0.2) is 11.5 Å². The molecule has 0 spiro atoms. The number of fused-ring (bicyclic) bond motifs is 1. The number of hydrogen-bond donors (Lipinski definition) is 2. The van der Waals surface area contributed by atoms with E-state index in [1.54, 1.807) is 0 Å². The molecular weight excluding hydrogens is 266 g/mol. The monoisotopic (exact) mass is 281 g/mol. The zero-order chi connectivity index (χ0) is 12.5. The molecule has 2 aromatic rings. The SMILES string of the molecule is Cl.NCCC(=O)Nc1ccc2oc(C3CC3)nc2c1. The van der Waals surface area contributed by atoms with Crippen LogP contribution in [0.25, 0.3) is 11.1 Å². The van der Waals surface area contributed by atoms with Crippen LogP contribution in [0.2, 0.25) is 0 Å². The highest BCUT2D eigenvalue weighted by Gasteiger charge is 2.28. The molecule has 102 valence electrons. The van der Waals surface area contributed by atoms with Crippen LogP contribution in [0, 0.1) is 0 Å². The smallest absolute Gasteiger partial charge is 0.225 e. The molecule has 1 aliphatic rings. The summed E-state index contributed by atoms with van der Waals surface area (Å²) in [5.41, 5.74) is 7.63. The Bertz CT molecular complexity index is 593. The van der Waals surface area contributed by atoms with Gasteiger partial charge in [-0.2, -0.15) is 0 Å². The van der Waals surface area contributed by atoms with Crippen molar-refractivity contribution in [2.45, 2.75) is 25.2 Å². The van der Waals surface area contributed by atoms with Gasteiger partial charge in [-0.25, -0.2) is 4.98 Å². The Morgan fingerprint density at radius 1 is 1.47 bits per heavy atom. The van der Waals surface area contributed by atoms with Crippen LogP contribution in [0.4, 0.5) is 5.69 Å². The molecule has 1 amide bonds. The van der Waals surface area contributed by atoms with E-state index in [-0.39, 0.29) is 18.3 Å². The number of benzene rings is 1. The van der Waals surface area contributed by atoms with Gasteiger partial charge < -0.3 is 15.5 Å². The van der Waals surface area contributed by atoms with Gasteiger partial charge in [0.2, 0.25) is 5.91 Å². The second-order valence-electron chi connectivity index (χ2n) is 4.60. The van der Waals surface area contributed by atoms with Crippen LogP contribution < -0.4 is 11.1 Å². The predicted molar refractivity (Wildman–Crippen MR) is 75.5 cm³/mol. The molecule has 0 atom stereocenters. The number of nitrogens with one attached hydrogen (secondary N) is 1. The number of carbonyl (C=O) groups excluding carboxylic acids is 1. The number of aromatic nitrogens is 1. The average Bonchev–Trinajstić information content (AvgIpc) is 3.10. The van der Waals surface area contributed by atoms with E-state index < -0.39 is 0 Å². The molecule has 1 heterocycles. The second-order valence-corrected chi connectivity index (χ2v) is 4.60. The number of carbonyl (C=O) groups is 1. The molecule has 1 aromatic carbocycles. The lowest BCUT2D eigenvalue weighted by molar-refractivity contribution is -0.116. The Kier molecular flexibility index (Phi) is 4.07. The summed E-state index contributed by atoms with van der Waals surface area (Å²) < 4.78 is 5.66. The van der Waals surface area contributed by atoms with E-state index in [9.17, 15) is 4.79 Å². The lowest BCUT2D eigenvalue weighted by Crippen LogP contribution is -2.16. The lowest BCUT2D eigenvalue weighted by atomic mass is 10.2. The molecule has 1 aliphatic carbocycles. The summed E-state index contributed by atoms with van der Waals surface area (Å²) in [5, 5.41) is 2.79. The highest BCUT2D eigenvalue weighted by molar-refractivity contribution is 5.92. The second kappa shape index (κ2) is 5.59. The molecule has 1 fully saturated rings. The number of oxazole rings is 1. The van der Waals surface area contributed by atoms with Crippen LogP contribution in [-0.2, 0) is 4.79 Å². The van der Waals surface area contributed by atoms with Crippen molar-refractivity contribution in [2.75, 3.05) is 11.9 Å². The highest BCUT2D eigenvalue weighted by Crippen LogP contribution is 2.40. The standard InChI is InChI=1S/C13H15N3O2.ClH/c14-6-5-12(17)15-9-3-4-11-10(7-9)16-13(18-11)8-1-2-8;/h3-4,7-8H,1-2,5-6,14H2,(H,15,17);1H. The fraction of sp³-hybridized carbons (Fsp3) is 0.385. The summed E-state index contributed by atoms with van der Waals surface area (Å²) in [5.74, 6) is 1.23. The molecular formula is C13H16ClN3O2. The minimum absolute atomic E-state index is 0. The fourth-order valence-electron chi connectivity index (χ4n) is 1.88. The minimum atomic E-state index is -0.0808. The summed E-state index contributed by atoms with van der Waals surface area (Å²) in [4.78, 5) is 15.9. The van der Waals surface area contributed by atoms with E-state index >= 15 is 0 Å². The normalized spacial score (nSPS) is 14.2. The number of anilines is 1. The first kappa shape index (κ1) is 13.8. The molecule has 0 radical (unpaired) electrons. The van der Waals surface area contributed by atoms with Crippen LogP contribution in [0.1, 0.15) is 31.1 Å². The first-order valence-electron chi connectivity index (χ1n) is 6.16. The molecule has 0 saturated heterocycles. The van der Waals surface area contributed by atoms with Gasteiger partial charge in [0, 0.05) is 24.6 Å². The Morgan fingerprint density at radius 2 is 2.26 bits per heavy atom. The predicted octanol–water partition coefficient (Wildman–Crippen LogP) is 2.41. The van der Waals surface area contributed by atoms with E-state index in [1.165, 1.54) is 0 Å². The largest absolute Gasteiger partial charge is 0.440 e. The number of nitrogens with zero attached hydrogens (tertiary/aromatic N) is 1. The van der Waals surface area contributed by atoms with Crippen LogP contribution in [0.5, 0.6) is 0 Å². The Morgan fingerprint density at radius 3 is 2.95 bits per heavy atom. The van der Waals surface area contributed by atoms with Gasteiger partial charge in [0.1, 0.15) is 5.52 Å². The quantitative estimate of drug-likeness (QED) is 0.902. The van der Waals surface area contributed by atoms with E-state index in [0.29, 0.717) is 18.9 Å². The summed E-state index contributed by atoms with van der Waals surface area (Å²) in [6.45, 7) is 0.351. The Balaban J connectivity index is 0.00000133. The molecule has 0 aliphatic heterocycles. The molecule has 5 nitrogen and oxygen atoms in total. The number of halogens is 1. The first-order valence-corrected chi connectivity index (χ1v) is 6.16. The van der Waals surface area contributed by atoms with Gasteiger partial charge in [-0.3, -0.25) is 4.79 Å². The van der Waals surface area contributed by atoms with Gasteiger partial charge in [-0.1, -0.05) is 0 Å². The summed E-state index contributed by atoms with van der Waals surface area (Å²) in [6, 6.07) is 5.49. The third-order valence-corrected chi connectivity index (χ3v) is 2.99. The summed E-state index contributed by atoms with van der Waals surface area (Å²) in [6.07, 6.45) is 2.64. The number of nitrogens with two attached hydrogens (primary N) is 1. The van der Waals surface area contributed by atoms with Crippen LogP contribution in [-0.4, -0.2) is 17.4 Å². The van der Waals surface area contributed by atoms with E-state index in [2.05, 4.69) is 10.3 Å².